The summed E-state index contributed by atoms with van der Waals surface area (Å²) in [6.07, 6.45) is 8.46. The summed E-state index contributed by atoms with van der Waals surface area (Å²) >= 11 is 10.4. The molecule has 0 unspecified atom stereocenters. The number of aromatic nitrogens is 1. The first-order valence-corrected chi connectivity index (χ1v) is 13.2. The van der Waals surface area contributed by atoms with Gasteiger partial charge in [-0.1, -0.05) is 66.6 Å². The highest BCUT2D eigenvalue weighted by molar-refractivity contribution is 9.10. The Labute approximate surface area is 207 Å². The van der Waals surface area contributed by atoms with Gasteiger partial charge in [0.2, 0.25) is 5.91 Å². The molecule has 0 N–H and O–H groups in total. The summed E-state index contributed by atoms with van der Waals surface area (Å²) in [5, 5.41) is 1.01. The number of likely N-dealkylation sites (tertiary alicyclic amines) is 1. The predicted octanol–water partition coefficient (Wildman–Crippen LogP) is 5.66. The molecule has 2 aliphatic rings. The molecular weight excluding hydrogens is 506 g/mol. The van der Waals surface area contributed by atoms with Crippen molar-refractivity contribution < 1.29 is 9.59 Å². The lowest BCUT2D eigenvalue weighted by Crippen LogP contribution is -2.34. The van der Waals surface area contributed by atoms with Crippen molar-refractivity contribution in [1.29, 1.82) is 0 Å². The maximum Gasteiger partial charge on any atom is 0.266 e. The Hall–Kier alpha value is -1.64. The van der Waals surface area contributed by atoms with Crippen LogP contribution < -0.4 is 0 Å². The van der Waals surface area contributed by atoms with E-state index in [1.807, 2.05) is 39.9 Å². The minimum Gasteiger partial charge on any atom is -0.341 e. The summed E-state index contributed by atoms with van der Waals surface area (Å²) in [6.45, 7) is 6.77. The van der Waals surface area contributed by atoms with Crippen molar-refractivity contribution in [1.82, 2.24) is 14.4 Å². The number of hydrogen-bond donors (Lipinski definition) is 0. The van der Waals surface area contributed by atoms with Gasteiger partial charge in [0.15, 0.2) is 0 Å². The van der Waals surface area contributed by atoms with Crippen molar-refractivity contribution in [3.8, 4) is 0 Å². The van der Waals surface area contributed by atoms with Crippen molar-refractivity contribution in [3.63, 3.8) is 0 Å². The Kier molecular flexibility index (Phi) is 7.42. The van der Waals surface area contributed by atoms with E-state index in [2.05, 4.69) is 29.8 Å². The molecule has 2 amide bonds. The molecule has 2 aromatic rings. The molecule has 0 bridgehead atoms. The van der Waals surface area contributed by atoms with Gasteiger partial charge < -0.3 is 9.47 Å². The molecule has 2 fully saturated rings. The van der Waals surface area contributed by atoms with Gasteiger partial charge in [-0.25, -0.2) is 0 Å². The Morgan fingerprint density at radius 3 is 2.62 bits per heavy atom. The van der Waals surface area contributed by atoms with Crippen LogP contribution in [0.15, 0.2) is 33.8 Å². The van der Waals surface area contributed by atoms with Gasteiger partial charge in [-0.3, -0.25) is 14.5 Å². The minimum absolute atomic E-state index is 0.0368. The second-order valence-corrected chi connectivity index (χ2v) is 11.4. The molecule has 2 aliphatic heterocycles. The molecule has 170 valence electrons. The minimum atomic E-state index is -0.0368. The van der Waals surface area contributed by atoms with E-state index >= 15 is 0 Å². The van der Waals surface area contributed by atoms with E-state index in [1.54, 1.807) is 4.90 Å². The van der Waals surface area contributed by atoms with Gasteiger partial charge in [0.1, 0.15) is 10.9 Å². The summed E-state index contributed by atoms with van der Waals surface area (Å²) in [5.74, 6) is 0.464. The van der Waals surface area contributed by atoms with Crippen molar-refractivity contribution in [2.75, 3.05) is 19.6 Å². The summed E-state index contributed by atoms with van der Waals surface area (Å²) in [5.41, 5.74) is 1.91. The summed E-state index contributed by atoms with van der Waals surface area (Å²) in [4.78, 5) is 30.3. The van der Waals surface area contributed by atoms with Gasteiger partial charge in [0.25, 0.3) is 5.91 Å². The zero-order valence-electron chi connectivity index (χ0n) is 18.5. The molecule has 1 aromatic heterocycles. The lowest BCUT2D eigenvalue weighted by Gasteiger charge is -2.20. The topological polar surface area (TPSA) is 45.6 Å². The van der Waals surface area contributed by atoms with Crippen LogP contribution in [0.1, 0.15) is 45.1 Å². The van der Waals surface area contributed by atoms with E-state index < -0.39 is 0 Å². The zero-order chi connectivity index (χ0) is 22.8. The Bertz CT molecular complexity index is 1080. The van der Waals surface area contributed by atoms with Gasteiger partial charge in [-0.05, 0) is 43.0 Å². The number of amides is 2. The SMILES string of the molecule is CC(C)CN1C(=O)/C(=C/c2cn(CC(=O)N3CCCCCC3)c3ccc(Br)cc23)SC1=S. The van der Waals surface area contributed by atoms with Crippen molar-refractivity contribution in [3.05, 3.63) is 39.3 Å². The third kappa shape index (κ3) is 5.13. The number of thioether (sulfide) groups is 1. The fraction of sp³-hybridized carbons (Fsp3) is 0.458. The Morgan fingerprint density at radius 2 is 1.94 bits per heavy atom. The van der Waals surface area contributed by atoms with Crippen LogP contribution in [-0.2, 0) is 16.1 Å². The van der Waals surface area contributed by atoms with E-state index in [0.717, 1.165) is 46.9 Å². The van der Waals surface area contributed by atoms with Crippen LogP contribution in [0.2, 0.25) is 0 Å². The van der Waals surface area contributed by atoms with Gasteiger partial charge in [-0.2, -0.15) is 0 Å². The van der Waals surface area contributed by atoms with Crippen molar-refractivity contribution in [2.45, 2.75) is 46.1 Å². The molecular formula is C24H28BrN3O2S2. The van der Waals surface area contributed by atoms with Crippen LogP contribution in [0.25, 0.3) is 17.0 Å². The lowest BCUT2D eigenvalue weighted by atomic mass is 10.1. The largest absolute Gasteiger partial charge is 0.341 e. The highest BCUT2D eigenvalue weighted by atomic mass is 79.9. The monoisotopic (exact) mass is 533 g/mol. The number of carbonyl (C=O) groups excluding carboxylic acids is 2. The van der Waals surface area contributed by atoms with Crippen LogP contribution in [0.5, 0.6) is 0 Å². The van der Waals surface area contributed by atoms with Crippen molar-refractivity contribution >= 4 is 73.0 Å². The molecule has 8 heteroatoms. The summed E-state index contributed by atoms with van der Waals surface area (Å²) in [7, 11) is 0. The van der Waals surface area contributed by atoms with Gasteiger partial charge >= 0.3 is 0 Å². The third-order valence-corrected chi connectivity index (χ3v) is 7.72. The maximum absolute atomic E-state index is 13.0. The molecule has 0 saturated carbocycles. The Morgan fingerprint density at radius 1 is 1.22 bits per heavy atom. The average Bonchev–Trinajstić information content (AvgIpc) is 3.05. The standard InChI is InChI=1S/C24H28BrN3O2S2/c1-16(2)13-28-23(30)21(32-24(28)31)11-17-14-27(20-8-7-18(25)12-19(17)20)15-22(29)26-9-5-3-4-6-10-26/h7-8,11-12,14,16H,3-6,9-10,13,15H2,1-2H3/b21-11-. The molecule has 5 nitrogen and oxygen atoms in total. The molecule has 32 heavy (non-hydrogen) atoms. The highest BCUT2D eigenvalue weighted by Crippen LogP contribution is 2.35. The fourth-order valence-electron chi connectivity index (χ4n) is 4.27. The lowest BCUT2D eigenvalue weighted by molar-refractivity contribution is -0.131. The van der Waals surface area contributed by atoms with Gasteiger partial charge in [-0.15, -0.1) is 0 Å². The predicted molar refractivity (Wildman–Crippen MR) is 139 cm³/mol. The van der Waals surface area contributed by atoms with E-state index in [4.69, 9.17) is 12.2 Å². The average molecular weight is 535 g/mol. The van der Waals surface area contributed by atoms with Crippen molar-refractivity contribution in [2.24, 2.45) is 5.92 Å². The van der Waals surface area contributed by atoms with Crippen LogP contribution in [-0.4, -0.2) is 50.1 Å². The first-order chi connectivity index (χ1) is 15.3. The van der Waals surface area contributed by atoms with E-state index in [1.165, 1.54) is 24.6 Å². The number of rotatable bonds is 5. The second-order valence-electron chi connectivity index (χ2n) is 8.85. The molecule has 3 heterocycles. The van der Waals surface area contributed by atoms with Crippen LogP contribution in [0.3, 0.4) is 0 Å². The van der Waals surface area contributed by atoms with Crippen LogP contribution in [0, 0.1) is 5.92 Å². The van der Waals surface area contributed by atoms with E-state index in [-0.39, 0.29) is 11.8 Å². The van der Waals surface area contributed by atoms with E-state index in [9.17, 15) is 9.59 Å². The van der Waals surface area contributed by atoms with Crippen LogP contribution >= 0.6 is 39.9 Å². The number of thiocarbonyl (C=S) groups is 1. The molecule has 0 aliphatic carbocycles. The quantitative estimate of drug-likeness (QED) is 0.367. The molecule has 0 atom stereocenters. The number of carbonyl (C=O) groups is 2. The number of halogens is 1. The third-order valence-electron chi connectivity index (χ3n) is 5.85. The molecule has 0 radical (unpaired) electrons. The molecule has 2 saturated heterocycles. The number of fused-ring (bicyclic) bond motifs is 1. The smallest absolute Gasteiger partial charge is 0.266 e. The number of hydrogen-bond acceptors (Lipinski definition) is 4. The molecule has 1 aromatic carbocycles. The fourth-order valence-corrected chi connectivity index (χ4v) is 5.90. The van der Waals surface area contributed by atoms with Gasteiger partial charge in [0, 0.05) is 46.8 Å². The normalized spacial score (nSPS) is 18.9. The highest BCUT2D eigenvalue weighted by Gasteiger charge is 2.32. The van der Waals surface area contributed by atoms with E-state index in [0.29, 0.717) is 28.2 Å². The first-order valence-electron chi connectivity index (χ1n) is 11.1. The van der Waals surface area contributed by atoms with Crippen LogP contribution in [0.4, 0.5) is 0 Å². The number of benzene rings is 1. The van der Waals surface area contributed by atoms with Gasteiger partial charge in [0.05, 0.1) is 4.91 Å². The Balaban J connectivity index is 1.65. The zero-order valence-corrected chi connectivity index (χ0v) is 21.7. The molecule has 0 spiro atoms. The first kappa shape index (κ1) is 23.5. The second kappa shape index (κ2) is 10.1. The number of nitrogens with zero attached hydrogens (tertiary/aromatic N) is 3. The molecule has 4 rings (SSSR count). The summed E-state index contributed by atoms with van der Waals surface area (Å²) < 4.78 is 3.58. The summed E-state index contributed by atoms with van der Waals surface area (Å²) in [6, 6.07) is 6.06. The maximum atomic E-state index is 13.0.